The van der Waals surface area contributed by atoms with Crippen molar-refractivity contribution in [3.8, 4) is 5.75 Å². The Balaban J connectivity index is 1.98. The second kappa shape index (κ2) is 5.52. The average molecular weight is 298 g/mol. The number of H-pyrrole nitrogens is 1. The van der Waals surface area contributed by atoms with Gasteiger partial charge in [0.15, 0.2) is 11.6 Å². The van der Waals surface area contributed by atoms with E-state index < -0.39 is 5.82 Å². The number of rotatable bonds is 3. The van der Waals surface area contributed by atoms with Gasteiger partial charge in [-0.05, 0) is 30.3 Å². The number of hydrogen-bond donors (Lipinski definition) is 1. The Bertz CT molecular complexity index is 842. The van der Waals surface area contributed by atoms with Gasteiger partial charge < -0.3 is 14.6 Å². The maximum absolute atomic E-state index is 13.8. The third-order valence-corrected chi connectivity index (χ3v) is 3.65. The fourth-order valence-electron chi connectivity index (χ4n) is 2.43. The van der Waals surface area contributed by atoms with Crippen molar-refractivity contribution in [1.29, 1.82) is 0 Å². The summed E-state index contributed by atoms with van der Waals surface area (Å²) >= 11 is 0. The summed E-state index contributed by atoms with van der Waals surface area (Å²) < 4.78 is 18.7. The lowest BCUT2D eigenvalue weighted by Gasteiger charge is -2.18. The van der Waals surface area contributed by atoms with Crippen molar-refractivity contribution in [3.63, 3.8) is 0 Å². The molecule has 0 saturated heterocycles. The second-order valence-electron chi connectivity index (χ2n) is 4.93. The van der Waals surface area contributed by atoms with Gasteiger partial charge in [0, 0.05) is 41.5 Å². The Morgan fingerprint density at radius 2 is 2.05 bits per heavy atom. The standard InChI is InChI=1S/C17H15FN2O2/c1-20(11-6-7-16(22-2)14(18)10-11)17(21)13-4-3-5-15-12(13)8-9-19-15/h3-10,19H,1-2H3. The maximum Gasteiger partial charge on any atom is 0.258 e. The van der Waals surface area contributed by atoms with Crippen molar-refractivity contribution in [1.82, 2.24) is 4.98 Å². The van der Waals surface area contributed by atoms with Crippen LogP contribution in [0.3, 0.4) is 0 Å². The smallest absolute Gasteiger partial charge is 0.258 e. The van der Waals surface area contributed by atoms with Crippen molar-refractivity contribution in [3.05, 3.63) is 60.0 Å². The van der Waals surface area contributed by atoms with E-state index in [1.807, 2.05) is 18.2 Å². The summed E-state index contributed by atoms with van der Waals surface area (Å²) in [6, 6.07) is 11.8. The molecular weight excluding hydrogens is 283 g/mol. The molecule has 1 aromatic heterocycles. The minimum Gasteiger partial charge on any atom is -0.494 e. The number of hydrogen-bond acceptors (Lipinski definition) is 2. The Morgan fingerprint density at radius 3 is 2.77 bits per heavy atom. The van der Waals surface area contributed by atoms with Gasteiger partial charge in [-0.1, -0.05) is 6.07 Å². The Kier molecular flexibility index (Phi) is 3.55. The van der Waals surface area contributed by atoms with E-state index >= 15 is 0 Å². The lowest BCUT2D eigenvalue weighted by atomic mass is 10.1. The summed E-state index contributed by atoms with van der Waals surface area (Å²) in [5, 5.41) is 0.841. The van der Waals surface area contributed by atoms with Gasteiger partial charge in [-0.3, -0.25) is 4.79 Å². The number of nitrogens with one attached hydrogen (secondary N) is 1. The minimum atomic E-state index is -0.500. The largest absolute Gasteiger partial charge is 0.494 e. The molecule has 4 nitrogen and oxygen atoms in total. The van der Waals surface area contributed by atoms with Gasteiger partial charge in [-0.2, -0.15) is 0 Å². The van der Waals surface area contributed by atoms with Gasteiger partial charge in [-0.15, -0.1) is 0 Å². The molecule has 0 fully saturated rings. The van der Waals surface area contributed by atoms with E-state index in [4.69, 9.17) is 4.74 Å². The van der Waals surface area contributed by atoms with Crippen molar-refractivity contribution >= 4 is 22.5 Å². The van der Waals surface area contributed by atoms with Gasteiger partial charge in [0.05, 0.1) is 7.11 Å². The Morgan fingerprint density at radius 1 is 1.23 bits per heavy atom. The zero-order valence-electron chi connectivity index (χ0n) is 12.3. The molecule has 0 atom stereocenters. The monoisotopic (exact) mass is 298 g/mol. The molecule has 0 unspecified atom stereocenters. The van der Waals surface area contributed by atoms with Gasteiger partial charge in [-0.25, -0.2) is 4.39 Å². The van der Waals surface area contributed by atoms with Gasteiger partial charge in [0.2, 0.25) is 0 Å². The molecule has 0 saturated carbocycles. The predicted molar refractivity (Wildman–Crippen MR) is 84.0 cm³/mol. The predicted octanol–water partition coefficient (Wildman–Crippen LogP) is 3.59. The first-order chi connectivity index (χ1) is 10.6. The van der Waals surface area contributed by atoms with E-state index in [0.29, 0.717) is 11.3 Å². The molecule has 3 rings (SSSR count). The van der Waals surface area contributed by atoms with Crippen LogP contribution < -0.4 is 9.64 Å². The Labute approximate surface area is 127 Å². The number of amides is 1. The van der Waals surface area contributed by atoms with Crippen LogP contribution in [-0.4, -0.2) is 25.0 Å². The third kappa shape index (κ3) is 2.30. The topological polar surface area (TPSA) is 45.3 Å². The zero-order valence-corrected chi connectivity index (χ0v) is 12.3. The summed E-state index contributed by atoms with van der Waals surface area (Å²) in [6.45, 7) is 0. The molecule has 3 aromatic rings. The molecule has 1 N–H and O–H groups in total. The van der Waals surface area contributed by atoms with Gasteiger partial charge >= 0.3 is 0 Å². The highest BCUT2D eigenvalue weighted by Gasteiger charge is 2.17. The number of nitrogens with zero attached hydrogens (tertiary/aromatic N) is 1. The lowest BCUT2D eigenvalue weighted by molar-refractivity contribution is 0.0994. The van der Waals surface area contributed by atoms with E-state index in [1.54, 1.807) is 25.4 Å². The maximum atomic E-state index is 13.8. The number of methoxy groups -OCH3 is 1. The summed E-state index contributed by atoms with van der Waals surface area (Å²) in [5.41, 5.74) is 1.92. The number of aromatic amines is 1. The molecular formula is C17H15FN2O2. The number of aromatic nitrogens is 1. The SMILES string of the molecule is COc1ccc(N(C)C(=O)c2cccc3[nH]ccc23)cc1F. The molecule has 0 aliphatic rings. The van der Waals surface area contributed by atoms with E-state index in [0.717, 1.165) is 10.9 Å². The molecule has 22 heavy (non-hydrogen) atoms. The first kappa shape index (κ1) is 14.1. The summed E-state index contributed by atoms with van der Waals surface area (Å²) in [6.07, 6.45) is 1.79. The molecule has 1 amide bonds. The van der Waals surface area contributed by atoms with Crippen molar-refractivity contribution < 1.29 is 13.9 Å². The number of ether oxygens (including phenoxy) is 1. The van der Waals surface area contributed by atoms with E-state index in [9.17, 15) is 9.18 Å². The van der Waals surface area contributed by atoms with Crippen molar-refractivity contribution in [2.45, 2.75) is 0 Å². The van der Waals surface area contributed by atoms with E-state index in [-0.39, 0.29) is 11.7 Å². The quantitative estimate of drug-likeness (QED) is 0.803. The molecule has 0 spiro atoms. The summed E-state index contributed by atoms with van der Waals surface area (Å²) in [7, 11) is 3.02. The minimum absolute atomic E-state index is 0.150. The van der Waals surface area contributed by atoms with Crippen molar-refractivity contribution in [2.75, 3.05) is 19.1 Å². The van der Waals surface area contributed by atoms with Crippen LogP contribution in [-0.2, 0) is 0 Å². The number of fused-ring (bicyclic) bond motifs is 1. The molecule has 0 radical (unpaired) electrons. The van der Waals surface area contributed by atoms with E-state index in [2.05, 4.69) is 4.98 Å². The zero-order chi connectivity index (χ0) is 15.7. The number of halogens is 1. The van der Waals surface area contributed by atoms with Crippen LogP contribution in [0.5, 0.6) is 5.75 Å². The molecule has 1 heterocycles. The molecule has 2 aromatic carbocycles. The highest BCUT2D eigenvalue weighted by atomic mass is 19.1. The number of benzene rings is 2. The van der Waals surface area contributed by atoms with Crippen LogP contribution in [0.2, 0.25) is 0 Å². The first-order valence-electron chi connectivity index (χ1n) is 6.79. The molecule has 0 aliphatic heterocycles. The lowest BCUT2D eigenvalue weighted by Crippen LogP contribution is -2.26. The van der Waals surface area contributed by atoms with E-state index in [1.165, 1.54) is 24.1 Å². The Hall–Kier alpha value is -2.82. The first-order valence-corrected chi connectivity index (χ1v) is 6.79. The van der Waals surface area contributed by atoms with Crippen LogP contribution in [0.1, 0.15) is 10.4 Å². The van der Waals surface area contributed by atoms with Crippen LogP contribution in [0.15, 0.2) is 48.7 Å². The molecule has 0 aliphatic carbocycles. The molecule has 5 heteroatoms. The van der Waals surface area contributed by atoms with Crippen LogP contribution in [0.4, 0.5) is 10.1 Å². The summed E-state index contributed by atoms with van der Waals surface area (Å²) in [5.74, 6) is -0.549. The van der Waals surface area contributed by atoms with Gasteiger partial charge in [0.1, 0.15) is 0 Å². The highest BCUT2D eigenvalue weighted by molar-refractivity contribution is 6.13. The summed E-state index contributed by atoms with van der Waals surface area (Å²) in [4.78, 5) is 17.2. The third-order valence-electron chi connectivity index (χ3n) is 3.65. The number of carbonyl (C=O) groups is 1. The second-order valence-corrected chi connectivity index (χ2v) is 4.93. The van der Waals surface area contributed by atoms with Crippen LogP contribution in [0, 0.1) is 5.82 Å². The molecule has 0 bridgehead atoms. The number of carbonyl (C=O) groups excluding carboxylic acids is 1. The fraction of sp³-hybridized carbons (Fsp3) is 0.118. The normalized spacial score (nSPS) is 10.7. The van der Waals surface area contributed by atoms with Gasteiger partial charge in [0.25, 0.3) is 5.91 Å². The van der Waals surface area contributed by atoms with Crippen LogP contribution >= 0.6 is 0 Å². The number of anilines is 1. The fourth-order valence-corrected chi connectivity index (χ4v) is 2.43. The average Bonchev–Trinajstić information content (AvgIpc) is 3.02. The molecule has 112 valence electrons. The highest BCUT2D eigenvalue weighted by Crippen LogP contribution is 2.25. The van der Waals surface area contributed by atoms with Crippen LogP contribution in [0.25, 0.3) is 10.9 Å². The van der Waals surface area contributed by atoms with Crippen molar-refractivity contribution in [2.24, 2.45) is 0 Å².